The van der Waals surface area contributed by atoms with Crippen LogP contribution in [0.15, 0.2) is 0 Å². The summed E-state index contributed by atoms with van der Waals surface area (Å²) in [4.78, 5) is 16.3. The number of carbonyl (C=O) groups excluding carboxylic acids is 1. The minimum atomic E-state index is 0.0928. The highest BCUT2D eigenvalue weighted by Gasteiger charge is 2.25. The van der Waals surface area contributed by atoms with Crippen molar-refractivity contribution in [2.75, 3.05) is 39.8 Å². The Morgan fingerprint density at radius 2 is 2.00 bits per heavy atom. The molecule has 2 saturated heterocycles. The molecule has 2 heterocycles. The van der Waals surface area contributed by atoms with Gasteiger partial charge in [0.2, 0.25) is 0 Å². The second-order valence-electron chi connectivity index (χ2n) is 5.60. The maximum atomic E-state index is 12.1. The van der Waals surface area contributed by atoms with E-state index < -0.39 is 0 Å². The van der Waals surface area contributed by atoms with Crippen molar-refractivity contribution >= 4 is 6.03 Å². The van der Waals surface area contributed by atoms with Gasteiger partial charge < -0.3 is 19.9 Å². The lowest BCUT2D eigenvalue weighted by molar-refractivity contribution is 0.0219. The van der Waals surface area contributed by atoms with Gasteiger partial charge in [-0.2, -0.15) is 0 Å². The molecule has 2 rings (SSSR count). The van der Waals surface area contributed by atoms with Gasteiger partial charge in [-0.05, 0) is 46.2 Å². The third-order valence-electron chi connectivity index (χ3n) is 4.29. The Kier molecular flexibility index (Phi) is 5.45. The van der Waals surface area contributed by atoms with Crippen LogP contribution in [-0.4, -0.2) is 67.8 Å². The summed E-state index contributed by atoms with van der Waals surface area (Å²) in [5.74, 6) is 0. The first-order chi connectivity index (χ1) is 9.20. The first kappa shape index (κ1) is 14.6. The molecule has 5 nitrogen and oxygen atoms in total. The van der Waals surface area contributed by atoms with Crippen LogP contribution in [0.25, 0.3) is 0 Å². The second-order valence-corrected chi connectivity index (χ2v) is 5.60. The van der Waals surface area contributed by atoms with Crippen molar-refractivity contribution in [2.24, 2.45) is 0 Å². The fraction of sp³-hybridized carbons (Fsp3) is 0.929. The number of hydrogen-bond acceptors (Lipinski definition) is 3. The standard InChI is InChI=1S/C14H27N3O2/c1-3-19-13-6-9-17(10-7-13)14(18)15-11-12-5-4-8-16(12)2/h12-13H,3-11H2,1-2H3,(H,15,18). The highest BCUT2D eigenvalue weighted by molar-refractivity contribution is 5.74. The van der Waals surface area contributed by atoms with E-state index in [1.165, 1.54) is 12.8 Å². The normalized spacial score (nSPS) is 25.8. The summed E-state index contributed by atoms with van der Waals surface area (Å²) < 4.78 is 5.60. The Balaban J connectivity index is 1.66. The molecule has 0 aromatic heterocycles. The number of likely N-dealkylation sites (tertiary alicyclic amines) is 2. The van der Waals surface area contributed by atoms with Crippen molar-refractivity contribution in [3.05, 3.63) is 0 Å². The van der Waals surface area contributed by atoms with Gasteiger partial charge in [-0.25, -0.2) is 4.79 Å². The third kappa shape index (κ3) is 4.08. The topological polar surface area (TPSA) is 44.8 Å². The molecule has 0 bridgehead atoms. The summed E-state index contributed by atoms with van der Waals surface area (Å²) in [5.41, 5.74) is 0. The van der Waals surface area contributed by atoms with E-state index in [9.17, 15) is 4.79 Å². The number of hydrogen-bond donors (Lipinski definition) is 1. The SMILES string of the molecule is CCOC1CCN(C(=O)NCC2CCCN2C)CC1. The molecule has 0 radical (unpaired) electrons. The average Bonchev–Trinajstić information content (AvgIpc) is 2.83. The van der Waals surface area contributed by atoms with Gasteiger partial charge in [0.1, 0.15) is 0 Å². The van der Waals surface area contributed by atoms with E-state index in [1.807, 2.05) is 11.8 Å². The van der Waals surface area contributed by atoms with Gasteiger partial charge in [-0.15, -0.1) is 0 Å². The number of likely N-dealkylation sites (N-methyl/N-ethyl adjacent to an activating group) is 1. The predicted molar refractivity (Wildman–Crippen MR) is 75.3 cm³/mol. The number of amides is 2. The van der Waals surface area contributed by atoms with Gasteiger partial charge in [-0.3, -0.25) is 0 Å². The predicted octanol–water partition coefficient (Wildman–Crippen LogP) is 1.29. The first-order valence-electron chi connectivity index (χ1n) is 7.55. The van der Waals surface area contributed by atoms with Crippen LogP contribution in [0, 0.1) is 0 Å². The summed E-state index contributed by atoms with van der Waals surface area (Å²) in [5, 5.41) is 3.08. The van der Waals surface area contributed by atoms with Gasteiger partial charge in [0, 0.05) is 32.3 Å². The van der Waals surface area contributed by atoms with Gasteiger partial charge in [0.15, 0.2) is 0 Å². The van der Waals surface area contributed by atoms with E-state index in [-0.39, 0.29) is 6.03 Å². The highest BCUT2D eigenvalue weighted by Crippen LogP contribution is 2.15. The molecule has 110 valence electrons. The molecule has 2 amide bonds. The Morgan fingerprint density at radius 3 is 2.58 bits per heavy atom. The molecule has 0 aromatic carbocycles. The molecule has 0 aliphatic carbocycles. The minimum absolute atomic E-state index is 0.0928. The van der Waals surface area contributed by atoms with Crippen molar-refractivity contribution in [1.29, 1.82) is 0 Å². The summed E-state index contributed by atoms with van der Waals surface area (Å²) in [6, 6.07) is 0.611. The Morgan fingerprint density at radius 1 is 1.26 bits per heavy atom. The average molecular weight is 269 g/mol. The van der Waals surface area contributed by atoms with E-state index in [0.717, 1.165) is 45.6 Å². The zero-order chi connectivity index (χ0) is 13.7. The number of piperidine rings is 1. The lowest BCUT2D eigenvalue weighted by atomic mass is 10.1. The lowest BCUT2D eigenvalue weighted by Gasteiger charge is -2.32. The van der Waals surface area contributed by atoms with Crippen LogP contribution in [0.4, 0.5) is 4.79 Å². The van der Waals surface area contributed by atoms with Crippen LogP contribution in [0.2, 0.25) is 0 Å². The van der Waals surface area contributed by atoms with Crippen molar-refractivity contribution in [1.82, 2.24) is 15.1 Å². The monoisotopic (exact) mass is 269 g/mol. The van der Waals surface area contributed by atoms with Crippen LogP contribution < -0.4 is 5.32 Å². The fourth-order valence-corrected chi connectivity index (χ4v) is 3.02. The molecule has 0 spiro atoms. The van der Waals surface area contributed by atoms with Crippen LogP contribution in [0.5, 0.6) is 0 Å². The Labute approximate surface area is 116 Å². The summed E-state index contributed by atoms with van der Waals surface area (Å²) in [7, 11) is 2.14. The zero-order valence-corrected chi connectivity index (χ0v) is 12.2. The molecule has 1 atom stereocenters. The van der Waals surface area contributed by atoms with Crippen LogP contribution >= 0.6 is 0 Å². The molecular weight excluding hydrogens is 242 g/mol. The highest BCUT2D eigenvalue weighted by atomic mass is 16.5. The van der Waals surface area contributed by atoms with Crippen LogP contribution in [0.1, 0.15) is 32.6 Å². The lowest BCUT2D eigenvalue weighted by Crippen LogP contribution is -2.48. The van der Waals surface area contributed by atoms with E-state index in [0.29, 0.717) is 12.1 Å². The molecule has 2 aliphatic rings. The number of nitrogens with one attached hydrogen (secondary N) is 1. The number of ether oxygens (including phenoxy) is 1. The smallest absolute Gasteiger partial charge is 0.317 e. The molecule has 0 aromatic rings. The third-order valence-corrected chi connectivity index (χ3v) is 4.29. The van der Waals surface area contributed by atoms with Crippen LogP contribution in [-0.2, 0) is 4.74 Å². The number of carbonyl (C=O) groups is 1. The molecular formula is C14H27N3O2. The number of urea groups is 1. The van der Waals surface area contributed by atoms with E-state index >= 15 is 0 Å². The molecule has 2 aliphatic heterocycles. The Bertz CT molecular complexity index is 290. The first-order valence-corrected chi connectivity index (χ1v) is 7.55. The van der Waals surface area contributed by atoms with Gasteiger partial charge in [-0.1, -0.05) is 0 Å². The van der Waals surface area contributed by atoms with Crippen LogP contribution in [0.3, 0.4) is 0 Å². The van der Waals surface area contributed by atoms with Crippen molar-refractivity contribution < 1.29 is 9.53 Å². The molecule has 1 unspecified atom stereocenters. The van der Waals surface area contributed by atoms with Crippen molar-refractivity contribution in [2.45, 2.75) is 44.8 Å². The summed E-state index contributed by atoms with van der Waals surface area (Å²) in [6.07, 6.45) is 4.71. The maximum absolute atomic E-state index is 12.1. The Hall–Kier alpha value is -0.810. The van der Waals surface area contributed by atoms with Gasteiger partial charge >= 0.3 is 6.03 Å². The second kappa shape index (κ2) is 7.10. The number of nitrogens with zero attached hydrogens (tertiary/aromatic N) is 2. The molecule has 2 fully saturated rings. The summed E-state index contributed by atoms with van der Waals surface area (Å²) in [6.45, 7) is 6.36. The molecule has 0 saturated carbocycles. The molecule has 1 N–H and O–H groups in total. The number of rotatable bonds is 4. The minimum Gasteiger partial charge on any atom is -0.378 e. The van der Waals surface area contributed by atoms with E-state index in [1.54, 1.807) is 0 Å². The summed E-state index contributed by atoms with van der Waals surface area (Å²) >= 11 is 0. The van der Waals surface area contributed by atoms with Gasteiger partial charge in [0.25, 0.3) is 0 Å². The van der Waals surface area contributed by atoms with E-state index in [4.69, 9.17) is 4.74 Å². The maximum Gasteiger partial charge on any atom is 0.317 e. The van der Waals surface area contributed by atoms with Crippen molar-refractivity contribution in [3.8, 4) is 0 Å². The van der Waals surface area contributed by atoms with E-state index in [2.05, 4.69) is 17.3 Å². The fourth-order valence-electron chi connectivity index (χ4n) is 3.02. The zero-order valence-electron chi connectivity index (χ0n) is 12.2. The van der Waals surface area contributed by atoms with Gasteiger partial charge in [0.05, 0.1) is 6.10 Å². The molecule has 5 heteroatoms. The quantitative estimate of drug-likeness (QED) is 0.836. The van der Waals surface area contributed by atoms with Crippen molar-refractivity contribution in [3.63, 3.8) is 0 Å². The molecule has 19 heavy (non-hydrogen) atoms. The largest absolute Gasteiger partial charge is 0.378 e.